The SMILES string of the molecule is COc1ccc2nnn([C@H](C)[C@](O)(Cn3cncn3)c3ccc(F)cc3F)c(=O)c2c1. The Bertz CT molecular complexity index is 1290. The van der Waals surface area contributed by atoms with Gasteiger partial charge in [-0.15, -0.1) is 5.10 Å². The molecule has 0 saturated heterocycles. The first-order valence-electron chi connectivity index (χ1n) is 9.27. The van der Waals surface area contributed by atoms with Gasteiger partial charge in [0.25, 0.3) is 5.56 Å². The topological polar surface area (TPSA) is 108 Å². The van der Waals surface area contributed by atoms with Crippen LogP contribution in [-0.4, -0.2) is 42.0 Å². The van der Waals surface area contributed by atoms with Crippen molar-refractivity contribution in [2.45, 2.75) is 25.1 Å². The van der Waals surface area contributed by atoms with Crippen molar-refractivity contribution in [2.24, 2.45) is 0 Å². The zero-order chi connectivity index (χ0) is 22.2. The predicted molar refractivity (Wildman–Crippen MR) is 105 cm³/mol. The van der Waals surface area contributed by atoms with E-state index >= 15 is 0 Å². The number of benzene rings is 2. The van der Waals surface area contributed by atoms with Crippen molar-refractivity contribution < 1.29 is 18.6 Å². The van der Waals surface area contributed by atoms with E-state index in [1.165, 1.54) is 37.4 Å². The molecule has 1 N–H and O–H groups in total. The molecule has 4 rings (SSSR count). The number of hydrogen-bond donors (Lipinski definition) is 1. The summed E-state index contributed by atoms with van der Waals surface area (Å²) in [5.74, 6) is -1.33. The van der Waals surface area contributed by atoms with Crippen molar-refractivity contribution in [3.8, 4) is 5.75 Å². The third-order valence-corrected chi connectivity index (χ3v) is 5.22. The number of halogens is 2. The molecule has 0 unspecified atom stereocenters. The van der Waals surface area contributed by atoms with Crippen molar-refractivity contribution >= 4 is 10.9 Å². The fraction of sp³-hybridized carbons (Fsp3) is 0.250. The lowest BCUT2D eigenvalue weighted by Crippen LogP contribution is -2.44. The van der Waals surface area contributed by atoms with Crippen molar-refractivity contribution in [1.82, 2.24) is 29.8 Å². The van der Waals surface area contributed by atoms with E-state index in [0.717, 1.165) is 16.8 Å². The highest BCUT2D eigenvalue weighted by atomic mass is 19.1. The molecule has 0 saturated carbocycles. The molecule has 4 aromatic rings. The van der Waals surface area contributed by atoms with E-state index in [2.05, 4.69) is 20.4 Å². The van der Waals surface area contributed by atoms with Crippen molar-refractivity contribution in [3.63, 3.8) is 0 Å². The van der Waals surface area contributed by atoms with Gasteiger partial charge in [0.2, 0.25) is 0 Å². The molecule has 0 aliphatic carbocycles. The molecule has 0 amide bonds. The maximum Gasteiger partial charge on any atom is 0.278 e. The zero-order valence-electron chi connectivity index (χ0n) is 16.6. The third-order valence-electron chi connectivity index (χ3n) is 5.22. The molecule has 2 aromatic heterocycles. The lowest BCUT2D eigenvalue weighted by atomic mass is 9.86. The Morgan fingerprint density at radius 3 is 2.71 bits per heavy atom. The Kier molecular flexibility index (Phi) is 5.19. The second kappa shape index (κ2) is 7.84. The standard InChI is InChI=1S/C20H18F2N6O3/c1-12(28-19(29)15-8-14(31-2)4-6-18(15)25-26-28)20(30,9-27-11-23-10-24-27)16-5-3-13(21)7-17(16)22/h3-8,10-12,30H,9H2,1-2H3/t12-,20-/m1/s1. The Hall–Kier alpha value is -3.73. The number of fused-ring (bicyclic) bond motifs is 1. The summed E-state index contributed by atoms with van der Waals surface area (Å²) in [4.78, 5) is 17.0. The van der Waals surface area contributed by atoms with Gasteiger partial charge in [-0.25, -0.2) is 23.1 Å². The minimum atomic E-state index is -2.05. The molecule has 2 aromatic carbocycles. The average Bonchev–Trinajstić information content (AvgIpc) is 3.26. The summed E-state index contributed by atoms with van der Waals surface area (Å²) in [7, 11) is 1.46. The number of nitrogens with zero attached hydrogens (tertiary/aromatic N) is 6. The molecule has 0 spiro atoms. The van der Waals surface area contributed by atoms with Crippen LogP contribution in [0.3, 0.4) is 0 Å². The Balaban J connectivity index is 1.89. The van der Waals surface area contributed by atoms with Crippen LogP contribution in [0.5, 0.6) is 5.75 Å². The number of aliphatic hydroxyl groups is 1. The van der Waals surface area contributed by atoms with Crippen molar-refractivity contribution in [2.75, 3.05) is 7.11 Å². The molecular formula is C20H18F2N6O3. The van der Waals surface area contributed by atoms with Crippen LogP contribution < -0.4 is 10.3 Å². The number of aromatic nitrogens is 6. The van der Waals surface area contributed by atoms with Gasteiger partial charge in [-0.2, -0.15) is 5.10 Å². The molecule has 2 atom stereocenters. The Morgan fingerprint density at radius 1 is 1.23 bits per heavy atom. The van der Waals surface area contributed by atoms with E-state index in [4.69, 9.17) is 4.74 Å². The number of rotatable bonds is 6. The maximum absolute atomic E-state index is 14.7. The van der Waals surface area contributed by atoms with E-state index in [9.17, 15) is 18.7 Å². The molecular weight excluding hydrogens is 410 g/mol. The molecule has 0 fully saturated rings. The van der Waals surface area contributed by atoms with Crippen LogP contribution >= 0.6 is 0 Å². The zero-order valence-corrected chi connectivity index (χ0v) is 16.6. The van der Waals surface area contributed by atoms with E-state index < -0.39 is 28.8 Å². The van der Waals surface area contributed by atoms with Crippen LogP contribution in [0, 0.1) is 11.6 Å². The summed E-state index contributed by atoms with van der Waals surface area (Å²) < 4.78 is 35.6. The van der Waals surface area contributed by atoms with Crippen LogP contribution in [0.2, 0.25) is 0 Å². The van der Waals surface area contributed by atoms with Crippen LogP contribution in [0.4, 0.5) is 8.78 Å². The lowest BCUT2D eigenvalue weighted by Gasteiger charge is -2.34. The fourth-order valence-electron chi connectivity index (χ4n) is 3.46. The van der Waals surface area contributed by atoms with E-state index in [1.54, 1.807) is 12.1 Å². The number of ether oxygens (including phenoxy) is 1. The Morgan fingerprint density at radius 2 is 2.03 bits per heavy atom. The largest absolute Gasteiger partial charge is 0.497 e. The second-order valence-electron chi connectivity index (χ2n) is 7.04. The molecule has 0 aliphatic heterocycles. The van der Waals surface area contributed by atoms with Gasteiger partial charge in [-0.3, -0.25) is 4.79 Å². The average molecular weight is 428 g/mol. The van der Waals surface area contributed by atoms with E-state index in [1.807, 2.05) is 0 Å². The van der Waals surface area contributed by atoms with Crippen LogP contribution in [0.25, 0.3) is 10.9 Å². The fourth-order valence-corrected chi connectivity index (χ4v) is 3.46. The van der Waals surface area contributed by atoms with Crippen molar-refractivity contribution in [1.29, 1.82) is 0 Å². The normalized spacial score (nSPS) is 14.4. The van der Waals surface area contributed by atoms with Gasteiger partial charge < -0.3 is 9.84 Å². The second-order valence-corrected chi connectivity index (χ2v) is 7.04. The minimum Gasteiger partial charge on any atom is -0.497 e. The summed E-state index contributed by atoms with van der Waals surface area (Å²) in [5.41, 5.74) is -2.49. The van der Waals surface area contributed by atoms with Crippen molar-refractivity contribution in [3.05, 3.63) is 76.6 Å². The minimum absolute atomic E-state index is 0.212. The monoisotopic (exact) mass is 428 g/mol. The third kappa shape index (κ3) is 3.63. The van der Waals surface area contributed by atoms with Crippen LogP contribution in [-0.2, 0) is 12.1 Å². The quantitative estimate of drug-likeness (QED) is 0.499. The first-order valence-corrected chi connectivity index (χ1v) is 9.27. The molecule has 160 valence electrons. The number of methoxy groups -OCH3 is 1. The summed E-state index contributed by atoms with van der Waals surface area (Å²) in [6.07, 6.45) is 2.58. The van der Waals surface area contributed by atoms with Crippen LogP contribution in [0.15, 0.2) is 53.8 Å². The lowest BCUT2D eigenvalue weighted by molar-refractivity contribution is -0.0390. The molecule has 9 nitrogen and oxygen atoms in total. The first kappa shape index (κ1) is 20.5. The highest BCUT2D eigenvalue weighted by molar-refractivity contribution is 5.78. The molecule has 2 heterocycles. The summed E-state index contributed by atoms with van der Waals surface area (Å²) in [6.45, 7) is 1.21. The number of hydrogen-bond acceptors (Lipinski definition) is 7. The van der Waals surface area contributed by atoms with Gasteiger partial charge in [0.05, 0.1) is 25.1 Å². The summed E-state index contributed by atoms with van der Waals surface area (Å²) in [5, 5.41) is 23.8. The summed E-state index contributed by atoms with van der Waals surface area (Å²) in [6, 6.07) is 6.42. The van der Waals surface area contributed by atoms with Gasteiger partial charge in [0.15, 0.2) is 0 Å². The smallest absolute Gasteiger partial charge is 0.278 e. The molecule has 0 radical (unpaired) electrons. The van der Waals surface area contributed by atoms with Gasteiger partial charge in [0, 0.05) is 11.6 Å². The van der Waals surface area contributed by atoms with Gasteiger partial charge in [-0.05, 0) is 31.2 Å². The van der Waals surface area contributed by atoms with Crippen LogP contribution in [0.1, 0.15) is 18.5 Å². The van der Waals surface area contributed by atoms with Gasteiger partial charge in [-0.1, -0.05) is 11.3 Å². The first-order chi connectivity index (χ1) is 14.8. The highest BCUT2D eigenvalue weighted by Crippen LogP contribution is 2.35. The van der Waals surface area contributed by atoms with E-state index in [0.29, 0.717) is 17.3 Å². The van der Waals surface area contributed by atoms with Gasteiger partial charge >= 0.3 is 0 Å². The van der Waals surface area contributed by atoms with Gasteiger partial charge in [0.1, 0.15) is 41.2 Å². The maximum atomic E-state index is 14.7. The molecule has 31 heavy (non-hydrogen) atoms. The predicted octanol–water partition coefficient (Wildman–Crippen LogP) is 1.82. The highest BCUT2D eigenvalue weighted by Gasteiger charge is 2.41. The summed E-state index contributed by atoms with van der Waals surface area (Å²) >= 11 is 0. The Labute approximate surface area is 174 Å². The van der Waals surface area contributed by atoms with E-state index in [-0.39, 0.29) is 17.5 Å². The molecule has 0 bridgehead atoms. The molecule has 0 aliphatic rings. The molecule has 11 heteroatoms.